The van der Waals surface area contributed by atoms with Crippen LogP contribution >= 0.6 is 0 Å². The molecule has 1 unspecified atom stereocenters. The molecule has 0 heterocycles. The van der Waals surface area contributed by atoms with E-state index in [1.807, 2.05) is 6.92 Å². The Morgan fingerprint density at radius 1 is 1.47 bits per heavy atom. The Labute approximate surface area is 94.7 Å². The van der Waals surface area contributed by atoms with Gasteiger partial charge in [-0.15, -0.1) is 0 Å². The molecule has 0 bridgehead atoms. The molecule has 0 rings (SSSR count). The maximum absolute atomic E-state index is 11.1. The van der Waals surface area contributed by atoms with Crippen molar-refractivity contribution in [1.82, 2.24) is 0 Å². The zero-order chi connectivity index (χ0) is 11.7. The van der Waals surface area contributed by atoms with E-state index in [9.17, 15) is 4.79 Å². The van der Waals surface area contributed by atoms with Crippen LogP contribution in [-0.4, -0.2) is 34.9 Å². The van der Waals surface area contributed by atoms with Crippen LogP contribution in [0.5, 0.6) is 0 Å². The molecule has 1 atom stereocenters. The van der Waals surface area contributed by atoms with Crippen LogP contribution in [0.4, 0.5) is 0 Å². The van der Waals surface area contributed by atoms with E-state index in [4.69, 9.17) is 9.47 Å². The smallest absolute Gasteiger partial charge is 0.332 e. The van der Waals surface area contributed by atoms with Crippen molar-refractivity contribution in [2.75, 3.05) is 19.4 Å². The van der Waals surface area contributed by atoms with Crippen LogP contribution in [0, 0.1) is 0 Å². The Morgan fingerprint density at radius 3 is 2.60 bits per heavy atom. The van der Waals surface area contributed by atoms with E-state index >= 15 is 0 Å². The lowest BCUT2D eigenvalue weighted by Gasteiger charge is -2.13. The van der Waals surface area contributed by atoms with Crippen molar-refractivity contribution in [3.8, 4) is 0 Å². The molecule has 0 spiro atoms. The second-order valence-corrected chi connectivity index (χ2v) is 5.78. The van der Waals surface area contributed by atoms with Crippen LogP contribution in [0.25, 0.3) is 0 Å². The summed E-state index contributed by atoms with van der Waals surface area (Å²) in [6.45, 7) is 10.9. The summed E-state index contributed by atoms with van der Waals surface area (Å²) in [7, 11) is -0.379. The highest BCUT2D eigenvalue weighted by molar-refractivity contribution is 6.37. The number of rotatable bonds is 8. The highest BCUT2D eigenvalue weighted by Crippen LogP contribution is 2.09. The van der Waals surface area contributed by atoms with Crippen molar-refractivity contribution in [1.29, 1.82) is 0 Å². The molecule has 0 aromatic carbocycles. The van der Waals surface area contributed by atoms with Gasteiger partial charge in [0.1, 0.15) is 0 Å². The summed E-state index contributed by atoms with van der Waals surface area (Å²) in [5.41, 5.74) is 1.09. The number of ether oxygens (including phenoxy) is 2. The summed E-state index contributed by atoms with van der Waals surface area (Å²) in [6, 6.07) is 0. The molecule has 15 heavy (non-hydrogen) atoms. The molecule has 88 valence electrons. The van der Waals surface area contributed by atoms with Gasteiger partial charge in [-0.1, -0.05) is 19.9 Å². The Kier molecular flexibility index (Phi) is 8.32. The number of carbonyl (C=O) groups excluding carboxylic acids is 1. The molecule has 0 aliphatic heterocycles. The van der Waals surface area contributed by atoms with Crippen LogP contribution < -0.4 is 0 Å². The summed E-state index contributed by atoms with van der Waals surface area (Å²) in [4.78, 5) is 11.1. The minimum absolute atomic E-state index is 0.270. The second kappa shape index (κ2) is 8.68. The van der Waals surface area contributed by atoms with Crippen molar-refractivity contribution in [3.05, 3.63) is 12.2 Å². The van der Waals surface area contributed by atoms with E-state index in [0.717, 1.165) is 19.6 Å². The van der Waals surface area contributed by atoms with E-state index in [0.29, 0.717) is 17.3 Å². The maximum Gasteiger partial charge on any atom is 0.332 e. The van der Waals surface area contributed by atoms with Crippen LogP contribution in [0.1, 0.15) is 27.2 Å². The molecule has 0 aliphatic rings. The van der Waals surface area contributed by atoms with Crippen LogP contribution in [0.3, 0.4) is 0 Å². The van der Waals surface area contributed by atoms with E-state index in [2.05, 4.69) is 13.5 Å². The second-order valence-electron chi connectivity index (χ2n) is 3.64. The number of esters is 1. The third-order valence-corrected chi connectivity index (χ3v) is 4.31. The lowest BCUT2D eigenvalue weighted by Crippen LogP contribution is -2.18. The van der Waals surface area contributed by atoms with Gasteiger partial charge in [-0.25, -0.2) is 4.79 Å². The van der Waals surface area contributed by atoms with E-state index < -0.39 is 0 Å². The predicted molar refractivity (Wildman–Crippen MR) is 64.9 cm³/mol. The third-order valence-electron chi connectivity index (χ3n) is 2.24. The first-order chi connectivity index (χ1) is 7.11. The standard InChI is InChI=1S/C11H22O3Si/c1-5-10(7-13-6-2)15-8-14-11(12)9(3)4/h10H,3,5-8,15H2,1-2,4H3. The Balaban J connectivity index is 3.62. The molecule has 3 nitrogen and oxygen atoms in total. The number of carbonyl (C=O) groups is 1. The van der Waals surface area contributed by atoms with Gasteiger partial charge in [-0.2, -0.15) is 0 Å². The highest BCUT2D eigenvalue weighted by Gasteiger charge is 2.09. The summed E-state index contributed by atoms with van der Waals surface area (Å²) < 4.78 is 10.5. The fraction of sp³-hybridized carbons (Fsp3) is 0.727. The first-order valence-corrected chi connectivity index (χ1v) is 7.33. The number of hydrogen-bond donors (Lipinski definition) is 0. The molecular formula is C11H22O3Si. The molecule has 4 heteroatoms. The molecule has 0 amide bonds. The highest BCUT2D eigenvalue weighted by atomic mass is 28.2. The Hall–Kier alpha value is -0.613. The summed E-state index contributed by atoms with van der Waals surface area (Å²) in [5.74, 6) is -0.270. The van der Waals surface area contributed by atoms with Crippen molar-refractivity contribution < 1.29 is 14.3 Å². The zero-order valence-electron chi connectivity index (χ0n) is 10.0. The average Bonchev–Trinajstić information content (AvgIpc) is 2.22. The van der Waals surface area contributed by atoms with Gasteiger partial charge in [-0.05, 0) is 19.4 Å². The Morgan fingerprint density at radius 2 is 2.13 bits per heavy atom. The van der Waals surface area contributed by atoms with Crippen molar-refractivity contribution in [3.63, 3.8) is 0 Å². The normalized spacial score (nSPS) is 13.0. The predicted octanol–water partition coefficient (Wildman–Crippen LogP) is 1.47. The summed E-state index contributed by atoms with van der Waals surface area (Å²) >= 11 is 0. The third kappa shape index (κ3) is 7.33. The zero-order valence-corrected chi connectivity index (χ0v) is 11.5. The van der Waals surface area contributed by atoms with Gasteiger partial charge >= 0.3 is 5.97 Å². The van der Waals surface area contributed by atoms with Crippen molar-refractivity contribution in [2.45, 2.75) is 32.7 Å². The first kappa shape index (κ1) is 14.4. The fourth-order valence-electron chi connectivity index (χ4n) is 1.13. The topological polar surface area (TPSA) is 35.5 Å². The summed E-state index contributed by atoms with van der Waals surface area (Å²) in [6.07, 6.45) is 1.70. The quantitative estimate of drug-likeness (QED) is 0.360. The first-order valence-electron chi connectivity index (χ1n) is 5.52. The van der Waals surface area contributed by atoms with Gasteiger partial charge in [-0.3, -0.25) is 0 Å². The van der Waals surface area contributed by atoms with Gasteiger partial charge in [0.15, 0.2) is 0 Å². The molecule has 0 aromatic rings. The Bertz CT molecular complexity index is 204. The molecule has 0 saturated heterocycles. The van der Waals surface area contributed by atoms with Crippen LogP contribution in [0.15, 0.2) is 12.2 Å². The molecule has 0 fully saturated rings. The molecule has 0 N–H and O–H groups in total. The van der Waals surface area contributed by atoms with Crippen molar-refractivity contribution >= 4 is 15.5 Å². The van der Waals surface area contributed by atoms with Gasteiger partial charge in [0.05, 0.1) is 15.7 Å². The lowest BCUT2D eigenvalue weighted by molar-refractivity contribution is -0.137. The number of hydrogen-bond acceptors (Lipinski definition) is 3. The molecule has 0 saturated carbocycles. The molecular weight excluding hydrogens is 208 g/mol. The summed E-state index contributed by atoms with van der Waals surface area (Å²) in [5, 5.41) is 0. The monoisotopic (exact) mass is 230 g/mol. The van der Waals surface area contributed by atoms with Gasteiger partial charge < -0.3 is 9.47 Å². The van der Waals surface area contributed by atoms with Gasteiger partial charge in [0.25, 0.3) is 0 Å². The van der Waals surface area contributed by atoms with E-state index in [-0.39, 0.29) is 15.5 Å². The van der Waals surface area contributed by atoms with Crippen molar-refractivity contribution in [2.24, 2.45) is 0 Å². The maximum atomic E-state index is 11.1. The van der Waals surface area contributed by atoms with Gasteiger partial charge in [0.2, 0.25) is 0 Å². The molecule has 0 radical (unpaired) electrons. The molecule has 0 aliphatic carbocycles. The van der Waals surface area contributed by atoms with Gasteiger partial charge in [0, 0.05) is 18.8 Å². The van der Waals surface area contributed by atoms with Crippen LogP contribution in [0.2, 0.25) is 5.54 Å². The van der Waals surface area contributed by atoms with E-state index in [1.165, 1.54) is 0 Å². The largest absolute Gasteiger partial charge is 0.467 e. The SMILES string of the molecule is C=C(C)C(=O)OC[SiH2]C(CC)COCC. The minimum Gasteiger partial charge on any atom is -0.467 e. The lowest BCUT2D eigenvalue weighted by atomic mass is 10.3. The van der Waals surface area contributed by atoms with Crippen LogP contribution in [-0.2, 0) is 14.3 Å². The fourth-order valence-corrected chi connectivity index (χ4v) is 2.51. The average molecular weight is 230 g/mol. The molecule has 0 aromatic heterocycles. The van der Waals surface area contributed by atoms with E-state index in [1.54, 1.807) is 6.92 Å². The minimum atomic E-state index is -0.379.